The smallest absolute Gasteiger partial charge is 0.223 e. The number of hydrogen-bond donors (Lipinski definition) is 3. The maximum atomic E-state index is 13.2. The molecule has 2 aromatic carbocycles. The van der Waals surface area contributed by atoms with Crippen LogP contribution in [0.4, 0.5) is 5.69 Å². The van der Waals surface area contributed by atoms with Crippen molar-refractivity contribution in [2.45, 2.75) is 38.1 Å². The van der Waals surface area contributed by atoms with Crippen LogP contribution in [-0.2, 0) is 11.2 Å². The highest BCUT2D eigenvalue weighted by molar-refractivity contribution is 5.79. The zero-order valence-corrected chi connectivity index (χ0v) is 18.4. The van der Waals surface area contributed by atoms with E-state index < -0.39 is 0 Å². The van der Waals surface area contributed by atoms with Crippen molar-refractivity contribution in [2.24, 2.45) is 17.6 Å². The summed E-state index contributed by atoms with van der Waals surface area (Å²) in [5.41, 5.74) is 16.6. The first-order valence-electron chi connectivity index (χ1n) is 11.5. The number of carbonyl (C=O) groups is 1. The van der Waals surface area contributed by atoms with Crippen LogP contribution in [0.25, 0.3) is 11.1 Å². The lowest BCUT2D eigenvalue weighted by atomic mass is 9.81. The number of rotatable bonds is 7. The molecule has 0 aliphatic heterocycles. The summed E-state index contributed by atoms with van der Waals surface area (Å²) in [6.45, 7) is 0.714. The molecule has 0 bridgehead atoms. The van der Waals surface area contributed by atoms with E-state index in [4.69, 9.17) is 11.5 Å². The van der Waals surface area contributed by atoms with Gasteiger partial charge in [0.05, 0.1) is 11.7 Å². The topological polar surface area (TPSA) is 94.0 Å². The first-order valence-corrected chi connectivity index (χ1v) is 11.5. The fourth-order valence-corrected chi connectivity index (χ4v) is 4.57. The lowest BCUT2D eigenvalue weighted by molar-refractivity contribution is -0.127. The van der Waals surface area contributed by atoms with Crippen molar-refractivity contribution in [2.75, 3.05) is 12.3 Å². The van der Waals surface area contributed by atoms with E-state index in [1.807, 2.05) is 54.7 Å². The first kappa shape index (κ1) is 22.0. The molecular formula is C27H32N4O. The lowest BCUT2D eigenvalue weighted by Gasteiger charge is -2.28. The van der Waals surface area contributed by atoms with Crippen molar-refractivity contribution < 1.29 is 4.79 Å². The minimum absolute atomic E-state index is 0.0492. The Labute approximate surface area is 190 Å². The molecule has 5 nitrogen and oxygen atoms in total. The lowest BCUT2D eigenvalue weighted by Crippen LogP contribution is -2.37. The standard InChI is InChI=1S/C27H32N4O/c28-18-20-9-11-21(12-10-20)27(32)31-26(15-19-5-2-1-3-6-19)25-17-23(13-14-30-25)22-7-4-8-24(29)16-22/h1-8,13-14,16-17,20-21,26H,9-12,15,18,28-29H2,(H,31,32). The van der Waals surface area contributed by atoms with Gasteiger partial charge in [0, 0.05) is 17.8 Å². The average Bonchev–Trinajstić information content (AvgIpc) is 2.84. The number of nitrogens with zero attached hydrogens (tertiary/aromatic N) is 1. The van der Waals surface area contributed by atoms with E-state index in [1.165, 1.54) is 5.56 Å². The normalized spacial score (nSPS) is 19.3. The summed E-state index contributed by atoms with van der Waals surface area (Å²) in [6.07, 6.45) is 6.37. The van der Waals surface area contributed by atoms with E-state index >= 15 is 0 Å². The van der Waals surface area contributed by atoms with Crippen molar-refractivity contribution in [1.82, 2.24) is 10.3 Å². The van der Waals surface area contributed by atoms with Crippen LogP contribution in [0.2, 0.25) is 0 Å². The molecule has 1 fully saturated rings. The van der Waals surface area contributed by atoms with Gasteiger partial charge in [0.2, 0.25) is 5.91 Å². The third-order valence-electron chi connectivity index (χ3n) is 6.51. The summed E-state index contributed by atoms with van der Waals surface area (Å²) in [5.74, 6) is 0.724. The number of nitrogens with one attached hydrogen (secondary N) is 1. The highest BCUT2D eigenvalue weighted by Gasteiger charge is 2.28. The van der Waals surface area contributed by atoms with Crippen molar-refractivity contribution in [3.05, 3.63) is 84.2 Å². The van der Waals surface area contributed by atoms with Crippen molar-refractivity contribution in [3.8, 4) is 11.1 Å². The molecule has 1 aliphatic carbocycles. The molecule has 32 heavy (non-hydrogen) atoms. The molecule has 0 radical (unpaired) electrons. The second-order valence-corrected chi connectivity index (χ2v) is 8.80. The number of carbonyl (C=O) groups excluding carboxylic acids is 1. The molecule has 0 spiro atoms. The van der Waals surface area contributed by atoms with E-state index in [0.717, 1.165) is 48.2 Å². The van der Waals surface area contributed by atoms with E-state index in [-0.39, 0.29) is 17.9 Å². The van der Waals surface area contributed by atoms with Gasteiger partial charge in [-0.25, -0.2) is 0 Å². The van der Waals surface area contributed by atoms with Crippen LogP contribution in [0.1, 0.15) is 43.0 Å². The van der Waals surface area contributed by atoms with E-state index in [9.17, 15) is 4.79 Å². The molecule has 1 aliphatic rings. The third kappa shape index (κ3) is 5.54. The fraction of sp³-hybridized carbons (Fsp3) is 0.333. The van der Waals surface area contributed by atoms with Gasteiger partial charge in [0.25, 0.3) is 0 Å². The summed E-state index contributed by atoms with van der Waals surface area (Å²) in [5, 5.41) is 3.32. The second-order valence-electron chi connectivity index (χ2n) is 8.80. The molecule has 1 aromatic heterocycles. The van der Waals surface area contributed by atoms with E-state index in [0.29, 0.717) is 18.9 Å². The second kappa shape index (κ2) is 10.4. The summed E-state index contributed by atoms with van der Waals surface area (Å²) in [4.78, 5) is 17.8. The molecule has 0 saturated heterocycles. The van der Waals surface area contributed by atoms with E-state index in [2.05, 4.69) is 28.5 Å². The molecule has 1 saturated carbocycles. The van der Waals surface area contributed by atoms with Gasteiger partial charge < -0.3 is 16.8 Å². The Morgan fingerprint density at radius 3 is 2.44 bits per heavy atom. The predicted molar refractivity (Wildman–Crippen MR) is 130 cm³/mol. The third-order valence-corrected chi connectivity index (χ3v) is 6.51. The molecule has 1 unspecified atom stereocenters. The Morgan fingerprint density at radius 1 is 0.969 bits per heavy atom. The van der Waals surface area contributed by atoms with Gasteiger partial charge in [-0.3, -0.25) is 9.78 Å². The van der Waals surface area contributed by atoms with Gasteiger partial charge in [-0.2, -0.15) is 0 Å². The van der Waals surface area contributed by atoms with Crippen LogP contribution in [0.15, 0.2) is 72.9 Å². The van der Waals surface area contributed by atoms with Crippen molar-refractivity contribution in [1.29, 1.82) is 0 Å². The number of nitrogen functional groups attached to an aromatic ring is 1. The minimum Gasteiger partial charge on any atom is -0.399 e. The molecule has 4 rings (SSSR count). The zero-order valence-electron chi connectivity index (χ0n) is 18.4. The number of aromatic nitrogens is 1. The Kier molecular flexibility index (Phi) is 7.17. The SMILES string of the molecule is NCC1CCC(C(=O)NC(Cc2ccccc2)c2cc(-c3cccc(N)c3)ccn2)CC1. The van der Waals surface area contributed by atoms with Gasteiger partial charge in [0.1, 0.15) is 0 Å². The maximum Gasteiger partial charge on any atom is 0.223 e. The summed E-state index contributed by atoms with van der Waals surface area (Å²) < 4.78 is 0. The average molecular weight is 429 g/mol. The maximum absolute atomic E-state index is 13.2. The number of benzene rings is 2. The Morgan fingerprint density at radius 2 is 1.72 bits per heavy atom. The molecule has 5 heteroatoms. The number of anilines is 1. The molecule has 1 atom stereocenters. The molecular weight excluding hydrogens is 396 g/mol. The highest BCUT2D eigenvalue weighted by atomic mass is 16.1. The summed E-state index contributed by atoms with van der Waals surface area (Å²) in [6, 6.07) is 21.9. The highest BCUT2D eigenvalue weighted by Crippen LogP contribution is 2.30. The van der Waals surface area contributed by atoms with Crippen LogP contribution in [0.3, 0.4) is 0 Å². The Bertz CT molecular complexity index is 1030. The molecule has 166 valence electrons. The predicted octanol–water partition coefficient (Wildman–Crippen LogP) is 4.50. The molecule has 1 heterocycles. The molecule has 5 N–H and O–H groups in total. The molecule has 1 amide bonds. The van der Waals surface area contributed by atoms with E-state index in [1.54, 1.807) is 0 Å². The molecule has 3 aromatic rings. The quantitative estimate of drug-likeness (QED) is 0.483. The fourth-order valence-electron chi connectivity index (χ4n) is 4.57. The Balaban J connectivity index is 1.57. The number of amides is 1. The van der Waals surface area contributed by atoms with Crippen LogP contribution in [-0.4, -0.2) is 17.4 Å². The van der Waals surface area contributed by atoms with Gasteiger partial charge in [-0.15, -0.1) is 0 Å². The summed E-state index contributed by atoms with van der Waals surface area (Å²) >= 11 is 0. The number of nitrogens with two attached hydrogens (primary N) is 2. The number of pyridine rings is 1. The van der Waals surface area contributed by atoms with Crippen LogP contribution in [0, 0.1) is 11.8 Å². The minimum atomic E-state index is -0.196. The monoisotopic (exact) mass is 428 g/mol. The van der Waals surface area contributed by atoms with Crippen LogP contribution >= 0.6 is 0 Å². The first-order chi connectivity index (χ1) is 15.6. The van der Waals surface area contributed by atoms with Gasteiger partial charge in [-0.05, 0) is 85.5 Å². The Hall–Kier alpha value is -3.18. The van der Waals surface area contributed by atoms with Gasteiger partial charge in [-0.1, -0.05) is 42.5 Å². The van der Waals surface area contributed by atoms with Crippen molar-refractivity contribution >= 4 is 11.6 Å². The van der Waals surface area contributed by atoms with Crippen LogP contribution in [0.5, 0.6) is 0 Å². The van der Waals surface area contributed by atoms with Gasteiger partial charge in [0.15, 0.2) is 0 Å². The van der Waals surface area contributed by atoms with Crippen molar-refractivity contribution in [3.63, 3.8) is 0 Å². The summed E-state index contributed by atoms with van der Waals surface area (Å²) in [7, 11) is 0. The number of hydrogen-bond acceptors (Lipinski definition) is 4. The largest absolute Gasteiger partial charge is 0.399 e. The van der Waals surface area contributed by atoms with Gasteiger partial charge >= 0.3 is 0 Å². The van der Waals surface area contributed by atoms with Crippen LogP contribution < -0.4 is 16.8 Å². The zero-order chi connectivity index (χ0) is 22.3.